The summed E-state index contributed by atoms with van der Waals surface area (Å²) in [7, 11) is 0. The van der Waals surface area contributed by atoms with Crippen LogP contribution in [0.15, 0.2) is 48.1 Å². The van der Waals surface area contributed by atoms with Crippen LogP contribution in [0.5, 0.6) is 0 Å². The van der Waals surface area contributed by atoms with Crippen molar-refractivity contribution < 1.29 is 33.4 Å². The van der Waals surface area contributed by atoms with Crippen molar-refractivity contribution in [2.45, 2.75) is 63.2 Å². The summed E-state index contributed by atoms with van der Waals surface area (Å²) in [6.45, 7) is 3.34. The highest BCUT2D eigenvalue weighted by Gasteiger charge is 2.79. The lowest BCUT2D eigenvalue weighted by Crippen LogP contribution is -2.70. The Bertz CT molecular complexity index is 1270. The number of halogens is 3. The summed E-state index contributed by atoms with van der Waals surface area (Å²) < 4.78 is 33.1. The lowest BCUT2D eigenvalue weighted by molar-refractivity contribution is -0.269. The third-order valence-electron chi connectivity index (χ3n) is 10.5. The van der Waals surface area contributed by atoms with Crippen LogP contribution in [-0.4, -0.2) is 63.5 Å². The quantitative estimate of drug-likeness (QED) is 0.594. The summed E-state index contributed by atoms with van der Waals surface area (Å²) in [5, 5.41) is 23.9. The van der Waals surface area contributed by atoms with Gasteiger partial charge in [0.05, 0.1) is 6.10 Å². The lowest BCUT2D eigenvalue weighted by Gasteiger charge is -2.63. The lowest BCUT2D eigenvalue weighted by atomic mass is 9.44. The smallest absolute Gasteiger partial charge is 0.192 e. The number of hydrogen-bond acceptors (Lipinski definition) is 6. The number of alkyl halides is 2. The number of nitrogens with zero attached hydrogens (tertiary/aromatic N) is 1. The summed E-state index contributed by atoms with van der Waals surface area (Å²) in [6.07, 6.45) is 0.822. The van der Waals surface area contributed by atoms with Crippen molar-refractivity contribution in [3.63, 3.8) is 0 Å². The SMILES string of the molecule is C[C@]12C=CC(=O)C=C1[C@@H](F)C[C@H]1[C@@H]3C[C@H]4CN(Cc5cccc(Cl)c5)O[C@@]4(C(=O)CO)[C@@]3(C)C[C@H](O)[C@@]12F. The van der Waals surface area contributed by atoms with Crippen LogP contribution in [-0.2, 0) is 21.0 Å². The molecule has 1 heterocycles. The summed E-state index contributed by atoms with van der Waals surface area (Å²) >= 11 is 6.15. The monoisotopic (exact) mass is 547 g/mol. The Balaban J connectivity index is 1.40. The van der Waals surface area contributed by atoms with Gasteiger partial charge in [0.1, 0.15) is 12.8 Å². The molecule has 2 N–H and O–H groups in total. The molecule has 0 bridgehead atoms. The van der Waals surface area contributed by atoms with Gasteiger partial charge in [0.15, 0.2) is 22.8 Å². The van der Waals surface area contributed by atoms with Crippen LogP contribution >= 0.6 is 11.6 Å². The van der Waals surface area contributed by atoms with Crippen LogP contribution in [0.25, 0.3) is 0 Å². The van der Waals surface area contributed by atoms with Crippen LogP contribution in [0.3, 0.4) is 0 Å². The molecule has 1 aromatic rings. The molecule has 6 rings (SSSR count). The third kappa shape index (κ3) is 3.18. The number of ketones is 2. The van der Waals surface area contributed by atoms with Crippen LogP contribution in [0, 0.1) is 28.6 Å². The average Bonchev–Trinajstić information content (AvgIpc) is 3.34. The number of carbonyl (C=O) groups excluding carboxylic acids is 2. The Labute approximate surface area is 225 Å². The highest BCUT2D eigenvalue weighted by molar-refractivity contribution is 6.30. The molecule has 0 spiro atoms. The van der Waals surface area contributed by atoms with Crippen molar-refractivity contribution in [1.29, 1.82) is 0 Å². The van der Waals surface area contributed by atoms with E-state index in [0.29, 0.717) is 24.5 Å². The fourth-order valence-electron chi connectivity index (χ4n) is 8.87. The van der Waals surface area contributed by atoms with E-state index >= 15 is 8.78 Å². The molecule has 1 aromatic carbocycles. The minimum absolute atomic E-state index is 0.0645. The van der Waals surface area contributed by atoms with Gasteiger partial charge in [0.25, 0.3) is 0 Å². The molecule has 38 heavy (non-hydrogen) atoms. The molecule has 6 nitrogen and oxygen atoms in total. The second-order valence-electron chi connectivity index (χ2n) is 12.2. The Kier molecular flexibility index (Phi) is 5.88. The number of fused-ring (bicyclic) bond motifs is 7. The van der Waals surface area contributed by atoms with E-state index in [1.165, 1.54) is 18.2 Å². The van der Waals surface area contributed by atoms with Crippen molar-refractivity contribution >= 4 is 23.2 Å². The molecule has 0 aromatic heterocycles. The molecule has 9 atom stereocenters. The van der Waals surface area contributed by atoms with Crippen LogP contribution in [0.2, 0.25) is 5.02 Å². The van der Waals surface area contributed by atoms with Crippen LogP contribution < -0.4 is 0 Å². The third-order valence-corrected chi connectivity index (χ3v) is 10.7. The number of Topliss-reactive ketones (excluding diaryl/α,β-unsaturated/α-hetero) is 1. The first-order chi connectivity index (χ1) is 17.9. The number of aliphatic hydroxyl groups excluding tert-OH is 2. The number of allylic oxidation sites excluding steroid dienone is 4. The van der Waals surface area contributed by atoms with Crippen molar-refractivity contribution in [2.75, 3.05) is 13.2 Å². The van der Waals surface area contributed by atoms with Gasteiger partial charge in [-0.1, -0.05) is 36.7 Å². The van der Waals surface area contributed by atoms with Gasteiger partial charge in [-0.25, -0.2) is 8.78 Å². The maximum atomic E-state index is 17.4. The minimum atomic E-state index is -2.23. The summed E-state index contributed by atoms with van der Waals surface area (Å²) in [4.78, 5) is 32.0. The van der Waals surface area contributed by atoms with Crippen LogP contribution in [0.1, 0.15) is 38.7 Å². The van der Waals surface area contributed by atoms with E-state index in [-0.39, 0.29) is 24.3 Å². The number of aliphatic hydroxyl groups is 2. The number of carbonyl (C=O) groups is 2. The van der Waals surface area contributed by atoms with Gasteiger partial charge in [-0.15, -0.1) is 0 Å². The van der Waals surface area contributed by atoms with Crippen molar-refractivity contribution in [3.8, 4) is 0 Å². The normalized spacial score (nSPS) is 45.7. The Morgan fingerprint density at radius 3 is 2.74 bits per heavy atom. The number of hydroxylamine groups is 2. The molecule has 4 fully saturated rings. The molecule has 0 radical (unpaired) electrons. The van der Waals surface area contributed by atoms with Crippen molar-refractivity contribution in [2.24, 2.45) is 28.6 Å². The average molecular weight is 548 g/mol. The number of benzene rings is 1. The molecule has 3 saturated carbocycles. The highest BCUT2D eigenvalue weighted by atomic mass is 35.5. The van der Waals surface area contributed by atoms with Gasteiger partial charge in [0, 0.05) is 40.8 Å². The second kappa shape index (κ2) is 8.51. The Hall–Kier alpha value is -1.97. The van der Waals surface area contributed by atoms with E-state index in [0.717, 1.165) is 5.56 Å². The summed E-state index contributed by atoms with van der Waals surface area (Å²) in [5.41, 5.74) is -5.30. The zero-order chi connectivity index (χ0) is 27.3. The predicted octanol–water partition coefficient (Wildman–Crippen LogP) is 3.93. The van der Waals surface area contributed by atoms with E-state index < -0.39 is 64.4 Å². The van der Waals surface area contributed by atoms with Gasteiger partial charge in [-0.05, 0) is 67.5 Å². The van der Waals surface area contributed by atoms with Gasteiger partial charge >= 0.3 is 0 Å². The van der Waals surface area contributed by atoms with Gasteiger partial charge in [-0.3, -0.25) is 14.4 Å². The molecule has 0 unspecified atom stereocenters. The first-order valence-corrected chi connectivity index (χ1v) is 13.6. The van der Waals surface area contributed by atoms with E-state index in [2.05, 4.69) is 0 Å². The zero-order valence-corrected chi connectivity index (χ0v) is 22.1. The molecule has 1 aliphatic heterocycles. The highest BCUT2D eigenvalue weighted by Crippen LogP contribution is 2.72. The maximum Gasteiger partial charge on any atom is 0.192 e. The zero-order valence-electron chi connectivity index (χ0n) is 21.4. The molecule has 5 aliphatic rings. The fraction of sp³-hybridized carbons (Fsp3) is 0.586. The van der Waals surface area contributed by atoms with E-state index in [1.54, 1.807) is 18.1 Å². The first kappa shape index (κ1) is 26.3. The van der Waals surface area contributed by atoms with Gasteiger partial charge in [0.2, 0.25) is 0 Å². The Morgan fingerprint density at radius 1 is 1.26 bits per heavy atom. The Morgan fingerprint density at radius 2 is 2.03 bits per heavy atom. The van der Waals surface area contributed by atoms with E-state index in [4.69, 9.17) is 16.4 Å². The van der Waals surface area contributed by atoms with Gasteiger partial charge in [-0.2, -0.15) is 5.06 Å². The fourth-order valence-corrected chi connectivity index (χ4v) is 9.09. The maximum absolute atomic E-state index is 17.4. The molecule has 0 amide bonds. The van der Waals surface area contributed by atoms with E-state index in [1.807, 2.05) is 25.1 Å². The first-order valence-electron chi connectivity index (χ1n) is 13.2. The molecule has 4 aliphatic carbocycles. The van der Waals surface area contributed by atoms with Gasteiger partial charge < -0.3 is 10.2 Å². The predicted molar refractivity (Wildman–Crippen MR) is 135 cm³/mol. The minimum Gasteiger partial charge on any atom is -0.390 e. The van der Waals surface area contributed by atoms with Crippen molar-refractivity contribution in [3.05, 3.63) is 58.7 Å². The molecule has 1 saturated heterocycles. The largest absolute Gasteiger partial charge is 0.390 e. The van der Waals surface area contributed by atoms with Crippen LogP contribution in [0.4, 0.5) is 8.78 Å². The van der Waals surface area contributed by atoms with Crippen molar-refractivity contribution in [1.82, 2.24) is 5.06 Å². The topological polar surface area (TPSA) is 87.1 Å². The molecular weight excluding hydrogens is 516 g/mol. The summed E-state index contributed by atoms with van der Waals surface area (Å²) in [5.74, 6) is -2.68. The standard InChI is InChI=1S/C29H32ClF2NO5/c1-26-7-6-19(35)10-22(26)23(31)11-21-20-9-17-14-33(13-16-4-3-5-18(30)8-16)38-29(17,25(37)15-34)27(20,2)12-24(36)28(21,26)32/h3-8,10,17,20-21,23-24,34,36H,9,11-15H2,1-2H3/t17-,20-,21-,23-,24-,26-,27-,28-,29-/m0/s1. The molecule has 204 valence electrons. The number of hydrogen-bond donors (Lipinski definition) is 2. The number of rotatable bonds is 4. The molecule has 9 heteroatoms. The van der Waals surface area contributed by atoms with E-state index in [9.17, 15) is 19.8 Å². The molecular formula is C29H32ClF2NO5. The summed E-state index contributed by atoms with van der Waals surface area (Å²) in [6, 6.07) is 7.30. The second-order valence-corrected chi connectivity index (χ2v) is 12.6.